The molecular weight excluding hydrogens is 389 g/mol. The molecule has 1 aliphatic rings. The topological polar surface area (TPSA) is 80.5 Å². The van der Waals surface area contributed by atoms with Crippen molar-refractivity contribution >= 4 is 16.9 Å². The molecule has 1 aliphatic heterocycles. The fourth-order valence-electron chi connectivity index (χ4n) is 3.31. The van der Waals surface area contributed by atoms with Crippen LogP contribution < -0.4 is 4.74 Å². The van der Waals surface area contributed by atoms with Crippen molar-refractivity contribution in [2.24, 2.45) is 0 Å². The van der Waals surface area contributed by atoms with Gasteiger partial charge >= 0.3 is 6.61 Å². The Hall–Kier alpha value is -3.14. The Bertz CT molecular complexity index is 1060. The maximum Gasteiger partial charge on any atom is 0.387 e. The molecule has 0 aliphatic carbocycles. The third-order valence-electron chi connectivity index (χ3n) is 4.78. The molecule has 152 valence electrons. The smallest absolute Gasteiger partial charge is 0.387 e. The van der Waals surface area contributed by atoms with Gasteiger partial charge in [-0.1, -0.05) is 6.07 Å². The van der Waals surface area contributed by atoms with Crippen molar-refractivity contribution in [2.45, 2.75) is 25.7 Å². The van der Waals surface area contributed by atoms with E-state index in [1.807, 2.05) is 0 Å². The van der Waals surface area contributed by atoms with Crippen LogP contribution in [0.15, 0.2) is 36.7 Å². The van der Waals surface area contributed by atoms with Gasteiger partial charge < -0.3 is 14.7 Å². The molecule has 1 fully saturated rings. The standard InChI is InChI=1S/C19H17F3N4O3/c20-14-2-1-11(6-17(14)29-19(21)22)12-5-16-15(23-7-12)8-24-26(16)10-18(28)25-4-3-13(27)9-25/h1-2,5-8,13,19,27H,3-4,9-10H2. The van der Waals surface area contributed by atoms with Gasteiger partial charge in [0.25, 0.3) is 0 Å². The van der Waals surface area contributed by atoms with Crippen molar-refractivity contribution in [3.63, 3.8) is 0 Å². The summed E-state index contributed by atoms with van der Waals surface area (Å²) in [6.45, 7) is -2.38. The highest BCUT2D eigenvalue weighted by molar-refractivity contribution is 5.83. The fourth-order valence-corrected chi connectivity index (χ4v) is 3.31. The van der Waals surface area contributed by atoms with Crippen molar-refractivity contribution in [2.75, 3.05) is 13.1 Å². The highest BCUT2D eigenvalue weighted by Gasteiger charge is 2.25. The zero-order valence-corrected chi connectivity index (χ0v) is 15.1. The number of carbonyl (C=O) groups is 1. The van der Waals surface area contributed by atoms with E-state index >= 15 is 0 Å². The van der Waals surface area contributed by atoms with Crippen LogP contribution in [0.4, 0.5) is 13.2 Å². The zero-order valence-electron chi connectivity index (χ0n) is 15.1. The number of aliphatic hydroxyl groups is 1. The van der Waals surface area contributed by atoms with Gasteiger partial charge in [0.2, 0.25) is 5.91 Å². The lowest BCUT2D eigenvalue weighted by atomic mass is 10.1. The first kappa shape index (κ1) is 19.2. The van der Waals surface area contributed by atoms with Crippen LogP contribution in [0.5, 0.6) is 5.75 Å². The second-order valence-corrected chi connectivity index (χ2v) is 6.74. The maximum absolute atomic E-state index is 13.7. The van der Waals surface area contributed by atoms with Crippen molar-refractivity contribution in [1.29, 1.82) is 0 Å². The molecule has 3 heterocycles. The zero-order chi connectivity index (χ0) is 20.5. The van der Waals surface area contributed by atoms with Crippen LogP contribution in [0.2, 0.25) is 0 Å². The summed E-state index contributed by atoms with van der Waals surface area (Å²) in [7, 11) is 0. The van der Waals surface area contributed by atoms with Crippen molar-refractivity contribution in [1.82, 2.24) is 19.7 Å². The largest absolute Gasteiger partial charge is 0.432 e. The van der Waals surface area contributed by atoms with Gasteiger partial charge in [-0.15, -0.1) is 0 Å². The molecule has 10 heteroatoms. The molecule has 2 aromatic heterocycles. The first-order valence-corrected chi connectivity index (χ1v) is 8.93. The predicted molar refractivity (Wildman–Crippen MR) is 96.8 cm³/mol. The molecular formula is C19H17F3N4O3. The monoisotopic (exact) mass is 406 g/mol. The molecule has 0 saturated carbocycles. The SMILES string of the molecule is O=C(Cn1ncc2ncc(-c3ccc(F)c(OC(F)F)c3)cc21)N1CCC(O)C1. The van der Waals surface area contributed by atoms with Crippen LogP contribution in [0.3, 0.4) is 0 Å². The van der Waals surface area contributed by atoms with Crippen molar-refractivity contribution in [3.05, 3.63) is 42.5 Å². The van der Waals surface area contributed by atoms with E-state index in [9.17, 15) is 23.1 Å². The summed E-state index contributed by atoms with van der Waals surface area (Å²) in [5, 5.41) is 13.8. The summed E-state index contributed by atoms with van der Waals surface area (Å²) in [6.07, 6.45) is 3.06. The van der Waals surface area contributed by atoms with E-state index < -0.39 is 24.3 Å². The number of hydrogen-bond donors (Lipinski definition) is 1. The third kappa shape index (κ3) is 4.02. The number of likely N-dealkylation sites (tertiary alicyclic amines) is 1. The van der Waals surface area contributed by atoms with Gasteiger partial charge in [0, 0.05) is 24.8 Å². The number of aromatic nitrogens is 3. The van der Waals surface area contributed by atoms with E-state index in [2.05, 4.69) is 14.8 Å². The summed E-state index contributed by atoms with van der Waals surface area (Å²) in [4.78, 5) is 18.3. The Kier molecular flexibility index (Phi) is 5.10. The van der Waals surface area contributed by atoms with E-state index in [-0.39, 0.29) is 12.5 Å². The van der Waals surface area contributed by atoms with E-state index in [0.29, 0.717) is 41.7 Å². The molecule has 29 heavy (non-hydrogen) atoms. The highest BCUT2D eigenvalue weighted by Crippen LogP contribution is 2.29. The molecule has 7 nitrogen and oxygen atoms in total. The number of rotatable bonds is 5. The van der Waals surface area contributed by atoms with E-state index in [4.69, 9.17) is 0 Å². The predicted octanol–water partition coefficient (Wildman–Crippen LogP) is 2.43. The number of benzene rings is 1. The summed E-state index contributed by atoms with van der Waals surface area (Å²) < 4.78 is 44.3. The van der Waals surface area contributed by atoms with Crippen LogP contribution in [-0.4, -0.2) is 56.5 Å². The van der Waals surface area contributed by atoms with Crippen molar-refractivity contribution in [3.8, 4) is 16.9 Å². The molecule has 0 bridgehead atoms. The average molecular weight is 406 g/mol. The van der Waals surface area contributed by atoms with Gasteiger partial charge in [-0.2, -0.15) is 13.9 Å². The van der Waals surface area contributed by atoms with E-state index in [1.165, 1.54) is 29.2 Å². The second-order valence-electron chi connectivity index (χ2n) is 6.74. The highest BCUT2D eigenvalue weighted by atomic mass is 19.3. The number of aliphatic hydroxyl groups excluding tert-OH is 1. The number of carbonyl (C=O) groups excluding carboxylic acids is 1. The molecule has 0 spiro atoms. The molecule has 4 rings (SSSR count). The molecule has 1 amide bonds. The number of fused-ring (bicyclic) bond motifs is 1. The van der Waals surface area contributed by atoms with Crippen LogP contribution in [0.25, 0.3) is 22.2 Å². The van der Waals surface area contributed by atoms with Crippen LogP contribution in [-0.2, 0) is 11.3 Å². The number of β-amino-alcohol motifs (C(OH)–C–C–N with tert-alkyl or cyclic N) is 1. The number of alkyl halides is 2. The number of pyridine rings is 1. The quantitative estimate of drug-likeness (QED) is 0.704. The minimum atomic E-state index is -3.14. The molecule has 1 atom stereocenters. The van der Waals surface area contributed by atoms with Crippen LogP contribution in [0.1, 0.15) is 6.42 Å². The molecule has 1 aromatic carbocycles. The Morgan fingerprint density at radius 3 is 2.83 bits per heavy atom. The Morgan fingerprint density at radius 1 is 1.28 bits per heavy atom. The minimum Gasteiger partial charge on any atom is -0.432 e. The van der Waals surface area contributed by atoms with Crippen LogP contribution in [0, 0.1) is 5.82 Å². The van der Waals surface area contributed by atoms with Crippen molar-refractivity contribution < 1.29 is 27.8 Å². The average Bonchev–Trinajstić information content (AvgIpc) is 3.29. The first-order chi connectivity index (χ1) is 13.9. The summed E-state index contributed by atoms with van der Waals surface area (Å²) >= 11 is 0. The number of amides is 1. The number of ether oxygens (including phenoxy) is 1. The third-order valence-corrected chi connectivity index (χ3v) is 4.78. The Morgan fingerprint density at radius 2 is 2.10 bits per heavy atom. The van der Waals surface area contributed by atoms with Gasteiger partial charge in [-0.25, -0.2) is 4.39 Å². The lowest BCUT2D eigenvalue weighted by Gasteiger charge is -2.15. The van der Waals surface area contributed by atoms with E-state index in [0.717, 1.165) is 6.07 Å². The lowest BCUT2D eigenvalue weighted by Crippen LogP contribution is -2.32. The molecule has 3 aromatic rings. The van der Waals surface area contributed by atoms with Gasteiger partial charge in [-0.05, 0) is 30.2 Å². The number of nitrogens with zero attached hydrogens (tertiary/aromatic N) is 4. The maximum atomic E-state index is 13.7. The van der Waals surface area contributed by atoms with Gasteiger partial charge in [-0.3, -0.25) is 14.5 Å². The summed E-state index contributed by atoms with van der Waals surface area (Å²) in [5.74, 6) is -1.63. The molecule has 1 saturated heterocycles. The van der Waals surface area contributed by atoms with Gasteiger partial charge in [0.15, 0.2) is 11.6 Å². The van der Waals surface area contributed by atoms with Gasteiger partial charge in [0.05, 0.1) is 17.8 Å². The fraction of sp³-hybridized carbons (Fsp3) is 0.316. The van der Waals surface area contributed by atoms with Crippen LogP contribution >= 0.6 is 0 Å². The second kappa shape index (κ2) is 7.70. The number of hydrogen-bond acceptors (Lipinski definition) is 5. The van der Waals surface area contributed by atoms with E-state index in [1.54, 1.807) is 11.0 Å². The first-order valence-electron chi connectivity index (χ1n) is 8.93. The Balaban J connectivity index is 1.63. The number of halogens is 3. The normalized spacial score (nSPS) is 16.7. The lowest BCUT2D eigenvalue weighted by molar-refractivity contribution is -0.131. The molecule has 1 unspecified atom stereocenters. The summed E-state index contributed by atoms with van der Waals surface area (Å²) in [6, 6.07) is 5.33. The Labute approximate surface area is 163 Å². The molecule has 1 N–H and O–H groups in total. The molecule has 0 radical (unpaired) electrons. The summed E-state index contributed by atoms with van der Waals surface area (Å²) in [5.41, 5.74) is 2.08. The van der Waals surface area contributed by atoms with Gasteiger partial charge in [0.1, 0.15) is 12.1 Å². The minimum absolute atomic E-state index is 0.0233.